The second kappa shape index (κ2) is 7.46. The summed E-state index contributed by atoms with van der Waals surface area (Å²) in [5, 5.41) is 13.0. The SMILES string of the molecule is CCC(CC)(CNC)CN1CCC(C(C)O)CC1. The highest BCUT2D eigenvalue weighted by molar-refractivity contribution is 4.85. The number of nitrogens with one attached hydrogen (secondary N) is 1. The normalized spacial score (nSPS) is 21.2. The van der Waals surface area contributed by atoms with E-state index >= 15 is 0 Å². The van der Waals surface area contributed by atoms with Crippen molar-refractivity contribution in [1.82, 2.24) is 10.2 Å². The maximum absolute atomic E-state index is 9.64. The van der Waals surface area contributed by atoms with Crippen LogP contribution in [0.15, 0.2) is 0 Å². The Morgan fingerprint density at radius 1 is 1.28 bits per heavy atom. The zero-order valence-corrected chi connectivity index (χ0v) is 12.7. The number of hydrogen-bond donors (Lipinski definition) is 2. The average Bonchev–Trinajstić information content (AvgIpc) is 2.38. The molecule has 0 bridgehead atoms. The van der Waals surface area contributed by atoms with Gasteiger partial charge in [-0.2, -0.15) is 0 Å². The van der Waals surface area contributed by atoms with E-state index in [0.29, 0.717) is 11.3 Å². The van der Waals surface area contributed by atoms with Crippen molar-refractivity contribution in [1.29, 1.82) is 0 Å². The van der Waals surface area contributed by atoms with Crippen molar-refractivity contribution >= 4 is 0 Å². The summed E-state index contributed by atoms with van der Waals surface area (Å²) in [6.45, 7) is 11.2. The van der Waals surface area contributed by atoms with Crippen LogP contribution in [0, 0.1) is 11.3 Å². The van der Waals surface area contributed by atoms with Crippen LogP contribution in [0.3, 0.4) is 0 Å². The largest absolute Gasteiger partial charge is 0.393 e. The van der Waals surface area contributed by atoms with Gasteiger partial charge in [0.15, 0.2) is 0 Å². The van der Waals surface area contributed by atoms with Crippen molar-refractivity contribution in [3.8, 4) is 0 Å². The monoisotopic (exact) mass is 256 g/mol. The average molecular weight is 256 g/mol. The van der Waals surface area contributed by atoms with Gasteiger partial charge in [-0.25, -0.2) is 0 Å². The van der Waals surface area contributed by atoms with Gasteiger partial charge in [0.25, 0.3) is 0 Å². The van der Waals surface area contributed by atoms with Gasteiger partial charge in [0.1, 0.15) is 0 Å². The molecule has 3 nitrogen and oxygen atoms in total. The molecular weight excluding hydrogens is 224 g/mol. The van der Waals surface area contributed by atoms with Crippen LogP contribution in [-0.4, -0.2) is 49.3 Å². The number of hydrogen-bond acceptors (Lipinski definition) is 3. The Kier molecular flexibility index (Phi) is 6.61. The van der Waals surface area contributed by atoms with Crippen molar-refractivity contribution in [2.24, 2.45) is 11.3 Å². The zero-order valence-electron chi connectivity index (χ0n) is 12.7. The first-order valence-corrected chi connectivity index (χ1v) is 7.62. The van der Waals surface area contributed by atoms with Gasteiger partial charge >= 0.3 is 0 Å². The summed E-state index contributed by atoms with van der Waals surface area (Å²) in [6.07, 6.45) is 4.65. The predicted molar refractivity (Wildman–Crippen MR) is 77.8 cm³/mol. The highest BCUT2D eigenvalue weighted by atomic mass is 16.3. The van der Waals surface area contributed by atoms with Crippen molar-refractivity contribution in [2.75, 3.05) is 33.2 Å². The molecule has 1 saturated heterocycles. The van der Waals surface area contributed by atoms with Crippen molar-refractivity contribution in [3.05, 3.63) is 0 Å². The standard InChI is InChI=1S/C15H32N2O/c1-5-15(6-2,11-16-4)12-17-9-7-14(8-10-17)13(3)18/h13-14,16,18H,5-12H2,1-4H3. The van der Waals surface area contributed by atoms with Gasteiger partial charge in [0.2, 0.25) is 0 Å². The molecule has 1 rings (SSSR count). The van der Waals surface area contributed by atoms with E-state index in [4.69, 9.17) is 0 Å². The minimum absolute atomic E-state index is 0.133. The second-order valence-corrected chi connectivity index (χ2v) is 6.09. The van der Waals surface area contributed by atoms with Gasteiger partial charge in [-0.3, -0.25) is 0 Å². The molecule has 1 heterocycles. The predicted octanol–water partition coefficient (Wildman–Crippen LogP) is 2.10. The molecule has 18 heavy (non-hydrogen) atoms. The molecule has 0 saturated carbocycles. The Bertz CT molecular complexity index is 219. The Morgan fingerprint density at radius 2 is 1.83 bits per heavy atom. The van der Waals surface area contributed by atoms with Gasteiger partial charge in [-0.1, -0.05) is 13.8 Å². The van der Waals surface area contributed by atoms with Crippen LogP contribution in [0.5, 0.6) is 0 Å². The van der Waals surface area contributed by atoms with Crippen LogP contribution >= 0.6 is 0 Å². The molecule has 1 aliphatic heterocycles. The van der Waals surface area contributed by atoms with Crippen LogP contribution in [0.1, 0.15) is 46.5 Å². The van der Waals surface area contributed by atoms with E-state index in [-0.39, 0.29) is 6.10 Å². The van der Waals surface area contributed by atoms with Gasteiger partial charge in [-0.05, 0) is 64.1 Å². The molecule has 0 spiro atoms. The summed E-state index contributed by atoms with van der Waals surface area (Å²) in [4.78, 5) is 2.60. The van der Waals surface area contributed by atoms with Crippen LogP contribution in [0.2, 0.25) is 0 Å². The summed E-state index contributed by atoms with van der Waals surface area (Å²) in [6, 6.07) is 0. The number of aliphatic hydroxyl groups excluding tert-OH is 1. The number of piperidine rings is 1. The summed E-state index contributed by atoms with van der Waals surface area (Å²) in [7, 11) is 2.06. The molecule has 0 aromatic heterocycles. The van der Waals surface area contributed by atoms with Crippen LogP contribution in [-0.2, 0) is 0 Å². The topological polar surface area (TPSA) is 35.5 Å². The Hall–Kier alpha value is -0.120. The first-order valence-electron chi connectivity index (χ1n) is 7.62. The smallest absolute Gasteiger partial charge is 0.0541 e. The number of likely N-dealkylation sites (tertiary alicyclic amines) is 1. The molecule has 108 valence electrons. The van der Waals surface area contributed by atoms with Gasteiger partial charge in [0, 0.05) is 13.1 Å². The maximum atomic E-state index is 9.64. The molecule has 0 radical (unpaired) electrons. The Balaban J connectivity index is 2.47. The number of nitrogens with zero attached hydrogens (tertiary/aromatic N) is 1. The lowest BCUT2D eigenvalue weighted by Crippen LogP contribution is -2.46. The van der Waals surface area contributed by atoms with Crippen molar-refractivity contribution < 1.29 is 5.11 Å². The van der Waals surface area contributed by atoms with E-state index in [2.05, 4.69) is 31.1 Å². The van der Waals surface area contributed by atoms with Gasteiger partial charge in [-0.15, -0.1) is 0 Å². The van der Waals surface area contributed by atoms with Gasteiger partial charge in [0.05, 0.1) is 6.10 Å². The van der Waals surface area contributed by atoms with E-state index in [1.165, 1.54) is 19.4 Å². The fourth-order valence-electron chi connectivity index (χ4n) is 3.22. The van der Waals surface area contributed by atoms with E-state index in [1.807, 2.05) is 6.92 Å². The molecule has 1 unspecified atom stereocenters. The summed E-state index contributed by atoms with van der Waals surface area (Å²) in [5.41, 5.74) is 0.423. The third-order valence-electron chi connectivity index (χ3n) is 4.93. The minimum Gasteiger partial charge on any atom is -0.393 e. The van der Waals surface area contributed by atoms with Crippen molar-refractivity contribution in [2.45, 2.75) is 52.6 Å². The molecule has 0 aromatic rings. The zero-order chi connectivity index (χ0) is 13.6. The third kappa shape index (κ3) is 4.22. The van der Waals surface area contributed by atoms with Crippen molar-refractivity contribution in [3.63, 3.8) is 0 Å². The fourth-order valence-corrected chi connectivity index (χ4v) is 3.22. The molecule has 1 fully saturated rings. The molecule has 0 aromatic carbocycles. The first-order chi connectivity index (χ1) is 8.56. The first kappa shape index (κ1) is 15.9. The fraction of sp³-hybridized carbons (Fsp3) is 1.00. The van der Waals surface area contributed by atoms with E-state index in [1.54, 1.807) is 0 Å². The minimum atomic E-state index is -0.133. The number of rotatable bonds is 7. The van der Waals surface area contributed by atoms with E-state index in [9.17, 15) is 5.11 Å². The summed E-state index contributed by atoms with van der Waals surface area (Å²) >= 11 is 0. The maximum Gasteiger partial charge on any atom is 0.0541 e. The molecule has 1 aliphatic rings. The summed E-state index contributed by atoms with van der Waals surface area (Å²) in [5.74, 6) is 0.517. The van der Waals surface area contributed by atoms with Crippen LogP contribution < -0.4 is 5.32 Å². The lowest BCUT2D eigenvalue weighted by Gasteiger charge is -2.41. The van der Waals surface area contributed by atoms with Gasteiger partial charge < -0.3 is 15.3 Å². The highest BCUT2D eigenvalue weighted by Crippen LogP contribution is 2.29. The lowest BCUT2D eigenvalue weighted by atomic mass is 9.80. The molecule has 2 N–H and O–H groups in total. The number of aliphatic hydroxyl groups is 1. The van der Waals surface area contributed by atoms with Crippen LogP contribution in [0.25, 0.3) is 0 Å². The third-order valence-corrected chi connectivity index (χ3v) is 4.93. The van der Waals surface area contributed by atoms with E-state index < -0.39 is 0 Å². The molecular formula is C15H32N2O. The van der Waals surface area contributed by atoms with E-state index in [0.717, 1.165) is 32.5 Å². The highest BCUT2D eigenvalue weighted by Gasteiger charge is 2.30. The van der Waals surface area contributed by atoms with Crippen LogP contribution in [0.4, 0.5) is 0 Å². The Morgan fingerprint density at radius 3 is 2.22 bits per heavy atom. The molecule has 0 aliphatic carbocycles. The molecule has 3 heteroatoms. The Labute approximate surface area is 113 Å². The quantitative estimate of drug-likeness (QED) is 0.732. The second-order valence-electron chi connectivity index (χ2n) is 6.09. The molecule has 1 atom stereocenters. The molecule has 0 amide bonds. The summed E-state index contributed by atoms with van der Waals surface area (Å²) < 4.78 is 0. The lowest BCUT2D eigenvalue weighted by molar-refractivity contribution is 0.0502.